The van der Waals surface area contributed by atoms with E-state index in [9.17, 15) is 9.90 Å². The van der Waals surface area contributed by atoms with Crippen LogP contribution in [0.4, 0.5) is 0 Å². The fourth-order valence-electron chi connectivity index (χ4n) is 1.91. The largest absolute Gasteiger partial charge is 0.394 e. The molecular weight excluding hydrogens is 202 g/mol. The van der Waals surface area contributed by atoms with E-state index in [2.05, 4.69) is 0 Å². The summed E-state index contributed by atoms with van der Waals surface area (Å²) in [6, 6.07) is 9.34. The van der Waals surface area contributed by atoms with E-state index >= 15 is 0 Å². The molecule has 0 unspecified atom stereocenters. The summed E-state index contributed by atoms with van der Waals surface area (Å²) >= 11 is 0. The van der Waals surface area contributed by atoms with Gasteiger partial charge < -0.3 is 10.0 Å². The van der Waals surface area contributed by atoms with E-state index in [1.54, 1.807) is 11.1 Å². The molecule has 0 bridgehead atoms. The number of benzene rings is 1. The summed E-state index contributed by atoms with van der Waals surface area (Å²) < 4.78 is 0. The lowest BCUT2D eigenvalue weighted by Gasteiger charge is -2.29. The Kier molecular flexibility index (Phi) is 3.37. The number of aliphatic hydroxyl groups excluding tert-OH is 1. The molecule has 0 fully saturated rings. The summed E-state index contributed by atoms with van der Waals surface area (Å²) in [6.45, 7) is -0.0555. The molecule has 0 saturated heterocycles. The lowest BCUT2D eigenvalue weighted by Crippen LogP contribution is -2.33. The number of hydrogen-bond acceptors (Lipinski definition) is 2. The van der Waals surface area contributed by atoms with Gasteiger partial charge in [-0.25, -0.2) is 0 Å². The second-order valence-corrected chi connectivity index (χ2v) is 3.83. The average molecular weight is 217 g/mol. The van der Waals surface area contributed by atoms with Gasteiger partial charge in [0, 0.05) is 12.6 Å². The third-order valence-electron chi connectivity index (χ3n) is 2.77. The van der Waals surface area contributed by atoms with E-state index in [4.69, 9.17) is 0 Å². The molecule has 1 heterocycles. The fraction of sp³-hybridized carbons (Fsp3) is 0.308. The Bertz CT molecular complexity index is 386. The van der Waals surface area contributed by atoms with Crippen molar-refractivity contribution in [3.05, 3.63) is 48.2 Å². The van der Waals surface area contributed by atoms with Crippen molar-refractivity contribution in [2.75, 3.05) is 6.61 Å². The molecule has 1 aliphatic rings. The highest BCUT2D eigenvalue weighted by atomic mass is 16.3. The maximum absolute atomic E-state index is 11.7. The summed E-state index contributed by atoms with van der Waals surface area (Å²) in [6.07, 6.45) is 5.06. The van der Waals surface area contributed by atoms with Crippen molar-refractivity contribution in [1.82, 2.24) is 4.90 Å². The molecule has 1 atom stereocenters. The van der Waals surface area contributed by atoms with Crippen LogP contribution in [0.3, 0.4) is 0 Å². The number of carbonyl (C=O) groups is 1. The van der Waals surface area contributed by atoms with Crippen LogP contribution < -0.4 is 0 Å². The van der Waals surface area contributed by atoms with Crippen LogP contribution in [-0.2, 0) is 4.79 Å². The SMILES string of the molecule is O=C1CCC=CN1[C@@H](CO)c1ccccc1. The van der Waals surface area contributed by atoms with Crippen LogP contribution >= 0.6 is 0 Å². The maximum Gasteiger partial charge on any atom is 0.227 e. The second kappa shape index (κ2) is 4.94. The average Bonchev–Trinajstić information content (AvgIpc) is 2.34. The van der Waals surface area contributed by atoms with Gasteiger partial charge in [0.05, 0.1) is 12.6 Å². The molecule has 3 heteroatoms. The van der Waals surface area contributed by atoms with Gasteiger partial charge in [-0.1, -0.05) is 36.4 Å². The van der Waals surface area contributed by atoms with Gasteiger partial charge >= 0.3 is 0 Å². The number of nitrogens with zero attached hydrogens (tertiary/aromatic N) is 1. The highest BCUT2D eigenvalue weighted by Gasteiger charge is 2.23. The van der Waals surface area contributed by atoms with Crippen LogP contribution in [0.2, 0.25) is 0 Å². The van der Waals surface area contributed by atoms with Crippen molar-refractivity contribution in [3.63, 3.8) is 0 Å². The predicted octanol–water partition coefficient (Wildman–Crippen LogP) is 1.86. The van der Waals surface area contributed by atoms with Gasteiger partial charge in [-0.15, -0.1) is 0 Å². The number of aliphatic hydroxyl groups is 1. The minimum Gasteiger partial charge on any atom is -0.394 e. The highest BCUT2D eigenvalue weighted by Crippen LogP contribution is 2.23. The topological polar surface area (TPSA) is 40.5 Å². The summed E-state index contributed by atoms with van der Waals surface area (Å²) in [5.41, 5.74) is 0.963. The van der Waals surface area contributed by atoms with E-state index in [0.717, 1.165) is 12.0 Å². The van der Waals surface area contributed by atoms with Crippen LogP contribution in [0.5, 0.6) is 0 Å². The Morgan fingerprint density at radius 2 is 2.06 bits per heavy atom. The molecule has 2 rings (SSSR count). The lowest BCUT2D eigenvalue weighted by atomic mass is 10.0. The van der Waals surface area contributed by atoms with Gasteiger partial charge in [0.1, 0.15) is 0 Å². The van der Waals surface area contributed by atoms with E-state index in [-0.39, 0.29) is 18.6 Å². The third-order valence-corrected chi connectivity index (χ3v) is 2.77. The van der Waals surface area contributed by atoms with Crippen molar-refractivity contribution in [2.24, 2.45) is 0 Å². The minimum absolute atomic E-state index is 0.0555. The van der Waals surface area contributed by atoms with Crippen molar-refractivity contribution < 1.29 is 9.90 Å². The first-order chi connectivity index (χ1) is 7.83. The fourth-order valence-corrected chi connectivity index (χ4v) is 1.91. The zero-order chi connectivity index (χ0) is 11.4. The molecule has 1 N–H and O–H groups in total. The number of rotatable bonds is 3. The first kappa shape index (κ1) is 10.9. The highest BCUT2D eigenvalue weighted by molar-refractivity contribution is 5.78. The molecule has 0 saturated carbocycles. The number of allylic oxidation sites excluding steroid dienone is 1. The maximum atomic E-state index is 11.7. The first-order valence-electron chi connectivity index (χ1n) is 5.46. The Labute approximate surface area is 95.0 Å². The van der Waals surface area contributed by atoms with Crippen LogP contribution in [0.15, 0.2) is 42.6 Å². The monoisotopic (exact) mass is 217 g/mol. The Morgan fingerprint density at radius 3 is 2.69 bits per heavy atom. The molecule has 1 aromatic carbocycles. The Balaban J connectivity index is 2.25. The lowest BCUT2D eigenvalue weighted by molar-refractivity contribution is -0.131. The minimum atomic E-state index is -0.259. The van der Waals surface area contributed by atoms with Crippen molar-refractivity contribution in [1.29, 1.82) is 0 Å². The van der Waals surface area contributed by atoms with Gasteiger partial charge in [0.25, 0.3) is 0 Å². The molecule has 0 radical (unpaired) electrons. The molecule has 16 heavy (non-hydrogen) atoms. The number of hydrogen-bond donors (Lipinski definition) is 1. The smallest absolute Gasteiger partial charge is 0.227 e. The van der Waals surface area contributed by atoms with Crippen molar-refractivity contribution in [2.45, 2.75) is 18.9 Å². The van der Waals surface area contributed by atoms with Gasteiger partial charge in [-0.3, -0.25) is 4.79 Å². The molecule has 0 aliphatic carbocycles. The van der Waals surface area contributed by atoms with E-state index < -0.39 is 0 Å². The molecule has 0 aromatic heterocycles. The van der Waals surface area contributed by atoms with Crippen molar-refractivity contribution in [3.8, 4) is 0 Å². The third kappa shape index (κ3) is 2.14. The van der Waals surface area contributed by atoms with E-state index in [1.807, 2.05) is 36.4 Å². The molecule has 3 nitrogen and oxygen atoms in total. The van der Waals surface area contributed by atoms with Crippen LogP contribution in [0.25, 0.3) is 0 Å². The summed E-state index contributed by atoms with van der Waals surface area (Å²) in [5, 5.41) is 9.42. The standard InChI is InChI=1S/C13H15NO2/c15-10-12(11-6-2-1-3-7-11)14-9-5-4-8-13(14)16/h1-3,5-7,9,12,15H,4,8,10H2/t12-/m0/s1. The van der Waals surface area contributed by atoms with Crippen LogP contribution in [0, 0.1) is 0 Å². The second-order valence-electron chi connectivity index (χ2n) is 3.83. The first-order valence-corrected chi connectivity index (χ1v) is 5.46. The Morgan fingerprint density at radius 1 is 1.31 bits per heavy atom. The molecule has 84 valence electrons. The van der Waals surface area contributed by atoms with Crippen LogP contribution in [-0.4, -0.2) is 22.5 Å². The van der Waals surface area contributed by atoms with E-state index in [1.165, 1.54) is 0 Å². The zero-order valence-corrected chi connectivity index (χ0v) is 9.04. The molecule has 1 aromatic rings. The number of amides is 1. The summed E-state index contributed by atoms with van der Waals surface area (Å²) in [4.78, 5) is 13.4. The summed E-state index contributed by atoms with van der Waals surface area (Å²) in [7, 11) is 0. The van der Waals surface area contributed by atoms with Gasteiger partial charge in [0.2, 0.25) is 5.91 Å². The zero-order valence-electron chi connectivity index (χ0n) is 9.04. The quantitative estimate of drug-likeness (QED) is 0.839. The molecule has 1 amide bonds. The summed E-state index contributed by atoms with van der Waals surface area (Å²) in [5.74, 6) is 0.0744. The molecular formula is C13H15NO2. The number of carbonyl (C=O) groups excluding carboxylic acids is 1. The van der Waals surface area contributed by atoms with Crippen molar-refractivity contribution >= 4 is 5.91 Å². The van der Waals surface area contributed by atoms with Crippen LogP contribution in [0.1, 0.15) is 24.4 Å². The Hall–Kier alpha value is -1.61. The predicted molar refractivity (Wildman–Crippen MR) is 61.5 cm³/mol. The molecule has 0 spiro atoms. The van der Waals surface area contributed by atoms with Gasteiger partial charge in [-0.05, 0) is 12.0 Å². The van der Waals surface area contributed by atoms with Gasteiger partial charge in [-0.2, -0.15) is 0 Å². The van der Waals surface area contributed by atoms with E-state index in [0.29, 0.717) is 6.42 Å². The normalized spacial score (nSPS) is 17.6. The molecule has 1 aliphatic heterocycles. The van der Waals surface area contributed by atoms with Gasteiger partial charge in [0.15, 0.2) is 0 Å².